The minimum atomic E-state index is -0.170. The van der Waals surface area contributed by atoms with Gasteiger partial charge in [0.15, 0.2) is 0 Å². The minimum absolute atomic E-state index is 0.170. The van der Waals surface area contributed by atoms with Gasteiger partial charge in [0.05, 0.1) is 17.8 Å². The average molecular weight is 573 g/mol. The minimum Gasteiger partial charge on any atom is -0.324 e. The van der Waals surface area contributed by atoms with E-state index in [4.69, 9.17) is 14.8 Å². The number of para-hydroxylation sites is 1. The first kappa shape index (κ1) is 28.5. The van der Waals surface area contributed by atoms with Gasteiger partial charge in [-0.3, -0.25) is 9.63 Å². The third-order valence-electron chi connectivity index (χ3n) is 7.80. The van der Waals surface area contributed by atoms with Gasteiger partial charge in [-0.2, -0.15) is 5.06 Å². The van der Waals surface area contributed by atoms with Crippen LogP contribution in [-0.2, 0) is 11.4 Å². The number of nitrogens with one attached hydrogen (secondary N) is 2. The fourth-order valence-corrected chi connectivity index (χ4v) is 5.21. The number of likely N-dealkylation sites (N-methyl/N-ethyl adjacent to an activating group) is 1. The Morgan fingerprint density at radius 3 is 2.37 bits per heavy atom. The number of hydrogen-bond donors (Lipinski definition) is 2. The lowest BCUT2D eigenvalue weighted by Crippen LogP contribution is -2.45. The summed E-state index contributed by atoms with van der Waals surface area (Å²) >= 11 is 0. The van der Waals surface area contributed by atoms with Crippen LogP contribution in [0.5, 0.6) is 0 Å². The fraction of sp³-hybridized carbons (Fsp3) is 0.229. The van der Waals surface area contributed by atoms with Crippen LogP contribution < -0.4 is 10.6 Å². The number of fused-ring (bicyclic) bond motifs is 1. The zero-order chi connectivity index (χ0) is 29.6. The second kappa shape index (κ2) is 13.1. The summed E-state index contributed by atoms with van der Waals surface area (Å²) in [5.74, 6) is 0.327. The van der Waals surface area contributed by atoms with E-state index < -0.39 is 0 Å². The molecule has 0 saturated carbocycles. The molecule has 5 aromatic rings. The molecule has 0 bridgehead atoms. The molecule has 0 radical (unpaired) electrons. The number of amides is 1. The van der Waals surface area contributed by atoms with Gasteiger partial charge in [0, 0.05) is 54.1 Å². The number of aromatic nitrogens is 2. The molecule has 0 spiro atoms. The largest absolute Gasteiger partial charge is 0.324 e. The molecule has 1 fully saturated rings. The van der Waals surface area contributed by atoms with Crippen molar-refractivity contribution < 1.29 is 9.63 Å². The van der Waals surface area contributed by atoms with Crippen LogP contribution in [-0.4, -0.2) is 58.6 Å². The smallest absolute Gasteiger partial charge is 0.255 e. The number of nitrogens with zero attached hydrogens (tertiary/aromatic N) is 4. The molecule has 8 heteroatoms. The number of piperazine rings is 1. The highest BCUT2D eigenvalue weighted by Crippen LogP contribution is 2.28. The lowest BCUT2D eigenvalue weighted by molar-refractivity contribution is -0.185. The molecule has 1 aliphatic heterocycles. The number of aryl methyl sites for hydroxylation is 1. The second-order valence-corrected chi connectivity index (χ2v) is 10.7. The van der Waals surface area contributed by atoms with Crippen LogP contribution in [0.2, 0.25) is 0 Å². The Morgan fingerprint density at radius 1 is 0.860 bits per heavy atom. The van der Waals surface area contributed by atoms with Crippen LogP contribution in [0.1, 0.15) is 28.4 Å². The van der Waals surface area contributed by atoms with Crippen LogP contribution in [0.25, 0.3) is 22.2 Å². The summed E-state index contributed by atoms with van der Waals surface area (Å²) in [5, 5.41) is 9.41. The van der Waals surface area contributed by atoms with Crippen molar-refractivity contribution in [2.24, 2.45) is 0 Å². The Labute approximate surface area is 252 Å². The lowest BCUT2D eigenvalue weighted by Gasteiger charge is -2.33. The van der Waals surface area contributed by atoms with Crippen LogP contribution >= 0.6 is 0 Å². The van der Waals surface area contributed by atoms with Gasteiger partial charge >= 0.3 is 0 Å². The Balaban J connectivity index is 1.11. The summed E-state index contributed by atoms with van der Waals surface area (Å²) in [5.41, 5.74) is 6.90. The number of rotatable bonds is 9. The van der Waals surface area contributed by atoms with E-state index in [0.717, 1.165) is 77.4 Å². The molecular formula is C35H36N6O2. The topological polar surface area (TPSA) is 82.6 Å². The Bertz CT molecular complexity index is 1700. The van der Waals surface area contributed by atoms with Gasteiger partial charge in [-0.1, -0.05) is 67.6 Å². The van der Waals surface area contributed by atoms with Crippen molar-refractivity contribution in [1.29, 1.82) is 0 Å². The highest BCUT2D eigenvalue weighted by molar-refractivity contribution is 6.05. The van der Waals surface area contributed by atoms with Gasteiger partial charge in [0.1, 0.15) is 0 Å². The first-order valence-corrected chi connectivity index (χ1v) is 14.8. The first-order valence-electron chi connectivity index (χ1n) is 14.8. The molecule has 2 heterocycles. The number of carbonyl (C=O) groups is 1. The van der Waals surface area contributed by atoms with Crippen LogP contribution in [0.4, 0.5) is 17.3 Å². The SMILES string of the molecule is CCN1CCN(OCc2ccc(C)c(NC(=O)c3ccc(Nc4nc(-c5ccccc5)c5ccccc5n4)cc3)c2)CC1. The standard InChI is InChI=1S/C35H36N6O2/c1-3-40-19-21-41(22-20-40)43-24-26-14-13-25(2)32(23-26)37-34(42)28-15-17-29(18-16-28)36-35-38-31-12-8-7-11-30(31)33(39-35)27-9-5-4-6-10-27/h4-18,23H,3,19-22,24H2,1-2H3,(H,37,42)(H,36,38,39). The normalized spacial score (nSPS) is 14.1. The maximum atomic E-state index is 13.2. The van der Waals surface area contributed by atoms with E-state index in [-0.39, 0.29) is 5.91 Å². The van der Waals surface area contributed by atoms with E-state index >= 15 is 0 Å². The van der Waals surface area contributed by atoms with Crippen molar-refractivity contribution >= 4 is 34.1 Å². The molecular weight excluding hydrogens is 536 g/mol. The number of hydrogen-bond acceptors (Lipinski definition) is 7. The van der Waals surface area contributed by atoms with Crippen molar-refractivity contribution in [2.45, 2.75) is 20.5 Å². The molecule has 6 rings (SSSR count). The average Bonchev–Trinajstić information content (AvgIpc) is 3.05. The van der Waals surface area contributed by atoms with E-state index in [2.05, 4.69) is 22.5 Å². The lowest BCUT2D eigenvalue weighted by atomic mass is 10.1. The zero-order valence-corrected chi connectivity index (χ0v) is 24.6. The van der Waals surface area contributed by atoms with E-state index in [1.54, 1.807) is 12.1 Å². The third-order valence-corrected chi connectivity index (χ3v) is 7.80. The molecule has 0 aliphatic carbocycles. The van der Waals surface area contributed by atoms with Crippen LogP contribution in [0.3, 0.4) is 0 Å². The zero-order valence-electron chi connectivity index (χ0n) is 24.6. The summed E-state index contributed by atoms with van der Waals surface area (Å²) in [7, 11) is 0. The number of benzene rings is 4. The maximum Gasteiger partial charge on any atom is 0.255 e. The van der Waals surface area contributed by atoms with Crippen LogP contribution in [0.15, 0.2) is 97.1 Å². The third kappa shape index (κ3) is 6.89. The molecule has 1 saturated heterocycles. The molecule has 1 amide bonds. The Hall–Kier alpha value is -4.63. The molecule has 43 heavy (non-hydrogen) atoms. The summed E-state index contributed by atoms with van der Waals surface area (Å²) in [6.07, 6.45) is 0. The van der Waals surface area contributed by atoms with E-state index in [9.17, 15) is 4.79 Å². The van der Waals surface area contributed by atoms with E-state index in [1.807, 2.05) is 96.9 Å². The van der Waals surface area contributed by atoms with Crippen molar-refractivity contribution in [3.05, 3.63) is 114 Å². The number of anilines is 3. The maximum absolute atomic E-state index is 13.2. The summed E-state index contributed by atoms with van der Waals surface area (Å²) < 4.78 is 0. The molecule has 8 nitrogen and oxygen atoms in total. The van der Waals surface area contributed by atoms with Crippen molar-refractivity contribution in [1.82, 2.24) is 19.9 Å². The fourth-order valence-electron chi connectivity index (χ4n) is 5.21. The highest BCUT2D eigenvalue weighted by atomic mass is 16.7. The second-order valence-electron chi connectivity index (χ2n) is 10.7. The Morgan fingerprint density at radius 2 is 1.60 bits per heavy atom. The predicted octanol–water partition coefficient (Wildman–Crippen LogP) is 6.67. The molecule has 0 atom stereocenters. The van der Waals surface area contributed by atoms with Crippen molar-refractivity contribution in [3.63, 3.8) is 0 Å². The quantitative estimate of drug-likeness (QED) is 0.204. The molecule has 218 valence electrons. The van der Waals surface area contributed by atoms with E-state index in [0.29, 0.717) is 18.1 Å². The van der Waals surface area contributed by atoms with Gasteiger partial charge in [0.2, 0.25) is 5.95 Å². The van der Waals surface area contributed by atoms with Gasteiger partial charge in [-0.25, -0.2) is 9.97 Å². The molecule has 1 aliphatic rings. The van der Waals surface area contributed by atoms with Gasteiger partial charge in [-0.15, -0.1) is 0 Å². The van der Waals surface area contributed by atoms with Gasteiger partial charge < -0.3 is 15.5 Å². The highest BCUT2D eigenvalue weighted by Gasteiger charge is 2.16. The van der Waals surface area contributed by atoms with Gasteiger partial charge in [-0.05, 0) is 61.0 Å². The van der Waals surface area contributed by atoms with Crippen LogP contribution in [0, 0.1) is 6.92 Å². The summed E-state index contributed by atoms with van der Waals surface area (Å²) in [6, 6.07) is 31.5. The van der Waals surface area contributed by atoms with Gasteiger partial charge in [0.25, 0.3) is 5.91 Å². The van der Waals surface area contributed by atoms with Crippen molar-refractivity contribution in [2.75, 3.05) is 43.4 Å². The molecule has 0 unspecified atom stereocenters. The molecule has 2 N–H and O–H groups in total. The Kier molecular flexibility index (Phi) is 8.70. The van der Waals surface area contributed by atoms with E-state index in [1.165, 1.54) is 0 Å². The monoisotopic (exact) mass is 572 g/mol. The molecule has 4 aromatic carbocycles. The predicted molar refractivity (Wildman–Crippen MR) is 172 cm³/mol. The summed E-state index contributed by atoms with van der Waals surface area (Å²) in [4.78, 5) is 31.2. The number of carbonyl (C=O) groups excluding carboxylic acids is 1. The summed E-state index contributed by atoms with van der Waals surface area (Å²) in [6.45, 7) is 9.55. The van der Waals surface area contributed by atoms with Crippen molar-refractivity contribution in [3.8, 4) is 11.3 Å². The molecule has 1 aromatic heterocycles. The first-order chi connectivity index (χ1) is 21.1. The number of hydroxylamine groups is 2.